The van der Waals surface area contributed by atoms with Gasteiger partial charge in [-0.25, -0.2) is 9.37 Å². The number of halogens is 1. The van der Waals surface area contributed by atoms with Crippen molar-refractivity contribution >= 4 is 17.4 Å². The van der Waals surface area contributed by atoms with E-state index in [0.29, 0.717) is 17.8 Å². The Balaban J connectivity index is 1.58. The minimum absolute atomic E-state index is 0.0558. The van der Waals surface area contributed by atoms with Crippen LogP contribution in [0.1, 0.15) is 36.5 Å². The third kappa shape index (κ3) is 4.96. The van der Waals surface area contributed by atoms with Crippen LogP contribution in [0.5, 0.6) is 0 Å². The van der Waals surface area contributed by atoms with Gasteiger partial charge in [-0.1, -0.05) is 31.9 Å². The second-order valence-electron chi connectivity index (χ2n) is 6.79. The number of hydrogen-bond donors (Lipinski definition) is 1. The minimum atomic E-state index is -0.189. The Morgan fingerprint density at radius 3 is 2.59 bits per heavy atom. The monoisotopic (exact) mass is 370 g/mol. The molecule has 0 spiro atoms. The molecule has 1 saturated heterocycles. The Morgan fingerprint density at radius 2 is 1.85 bits per heavy atom. The first kappa shape index (κ1) is 19.1. The minimum Gasteiger partial charge on any atom is -0.366 e. The Labute approximate surface area is 160 Å². The van der Waals surface area contributed by atoms with E-state index < -0.39 is 0 Å². The van der Waals surface area contributed by atoms with Gasteiger partial charge in [0, 0.05) is 44.5 Å². The van der Waals surface area contributed by atoms with E-state index >= 15 is 0 Å². The SMILES string of the molecule is CCCCCNC(=O)c1ccnc(N2CCN(c3ccccc3F)CC2)c1. The lowest BCUT2D eigenvalue weighted by molar-refractivity contribution is 0.0953. The van der Waals surface area contributed by atoms with E-state index in [9.17, 15) is 9.18 Å². The standard InChI is InChI=1S/C21H27FN4O/c1-2-3-6-10-24-21(27)17-9-11-23-20(16-17)26-14-12-25(13-15-26)19-8-5-4-7-18(19)22/h4-5,7-9,11,16H,2-3,6,10,12-15H2,1H3,(H,24,27). The lowest BCUT2D eigenvalue weighted by atomic mass is 10.2. The molecule has 1 aliphatic rings. The quantitative estimate of drug-likeness (QED) is 0.758. The second-order valence-corrected chi connectivity index (χ2v) is 6.79. The Morgan fingerprint density at radius 1 is 1.11 bits per heavy atom. The largest absolute Gasteiger partial charge is 0.366 e. The first-order valence-electron chi connectivity index (χ1n) is 9.67. The molecular formula is C21H27FN4O. The number of carbonyl (C=O) groups excluding carboxylic acids is 1. The molecule has 0 unspecified atom stereocenters. The molecule has 1 aromatic carbocycles. The van der Waals surface area contributed by atoms with Gasteiger partial charge in [0.1, 0.15) is 11.6 Å². The van der Waals surface area contributed by atoms with Gasteiger partial charge in [0.05, 0.1) is 5.69 Å². The van der Waals surface area contributed by atoms with Crippen molar-refractivity contribution in [2.45, 2.75) is 26.2 Å². The number of unbranched alkanes of at least 4 members (excludes halogenated alkanes) is 2. The molecule has 0 aliphatic carbocycles. The van der Waals surface area contributed by atoms with Gasteiger partial charge in [-0.2, -0.15) is 0 Å². The molecule has 1 amide bonds. The summed E-state index contributed by atoms with van der Waals surface area (Å²) >= 11 is 0. The summed E-state index contributed by atoms with van der Waals surface area (Å²) in [5.74, 6) is 0.551. The molecule has 0 saturated carbocycles. The van der Waals surface area contributed by atoms with E-state index in [1.807, 2.05) is 18.2 Å². The van der Waals surface area contributed by atoms with Crippen molar-refractivity contribution in [1.29, 1.82) is 0 Å². The van der Waals surface area contributed by atoms with Gasteiger partial charge in [0.2, 0.25) is 0 Å². The molecule has 6 heteroatoms. The average Bonchev–Trinajstić information content (AvgIpc) is 2.72. The molecule has 1 aromatic heterocycles. The number of anilines is 2. The van der Waals surface area contributed by atoms with Crippen molar-refractivity contribution in [3.05, 3.63) is 54.0 Å². The van der Waals surface area contributed by atoms with Crippen LogP contribution in [0.4, 0.5) is 15.9 Å². The molecule has 2 aromatic rings. The number of hydrogen-bond acceptors (Lipinski definition) is 4. The predicted octanol–water partition coefficient (Wildman–Crippen LogP) is 3.47. The highest BCUT2D eigenvalue weighted by Crippen LogP contribution is 2.22. The van der Waals surface area contributed by atoms with Crippen molar-refractivity contribution in [2.75, 3.05) is 42.5 Å². The van der Waals surface area contributed by atoms with Gasteiger partial charge in [0.15, 0.2) is 0 Å². The summed E-state index contributed by atoms with van der Waals surface area (Å²) in [5.41, 5.74) is 1.28. The summed E-state index contributed by atoms with van der Waals surface area (Å²) < 4.78 is 14.0. The number of para-hydroxylation sites is 1. The van der Waals surface area contributed by atoms with Crippen LogP contribution in [-0.4, -0.2) is 43.6 Å². The fourth-order valence-electron chi connectivity index (χ4n) is 3.30. The third-order valence-corrected chi connectivity index (χ3v) is 4.87. The molecule has 0 atom stereocenters. The highest BCUT2D eigenvalue weighted by molar-refractivity contribution is 5.94. The predicted molar refractivity (Wildman–Crippen MR) is 107 cm³/mol. The van der Waals surface area contributed by atoms with Crippen LogP contribution in [0.3, 0.4) is 0 Å². The smallest absolute Gasteiger partial charge is 0.251 e. The molecule has 0 bridgehead atoms. The van der Waals surface area contributed by atoms with Crippen LogP contribution in [0.25, 0.3) is 0 Å². The van der Waals surface area contributed by atoms with Crippen LogP contribution in [0.2, 0.25) is 0 Å². The zero-order chi connectivity index (χ0) is 19.1. The summed E-state index contributed by atoms with van der Waals surface area (Å²) in [4.78, 5) is 20.9. The number of carbonyl (C=O) groups is 1. The average molecular weight is 370 g/mol. The highest BCUT2D eigenvalue weighted by Gasteiger charge is 2.20. The van der Waals surface area contributed by atoms with Gasteiger partial charge < -0.3 is 15.1 Å². The second kappa shape index (κ2) is 9.35. The van der Waals surface area contributed by atoms with Crippen molar-refractivity contribution < 1.29 is 9.18 Å². The Bertz CT molecular complexity index is 759. The fourth-order valence-corrected chi connectivity index (χ4v) is 3.30. The molecule has 27 heavy (non-hydrogen) atoms. The van der Waals surface area contributed by atoms with Crippen molar-refractivity contribution in [1.82, 2.24) is 10.3 Å². The number of benzene rings is 1. The van der Waals surface area contributed by atoms with Crippen LogP contribution < -0.4 is 15.1 Å². The van der Waals surface area contributed by atoms with Crippen LogP contribution in [0, 0.1) is 5.82 Å². The summed E-state index contributed by atoms with van der Waals surface area (Å²) in [7, 11) is 0. The van der Waals surface area contributed by atoms with Crippen LogP contribution in [0.15, 0.2) is 42.6 Å². The fraction of sp³-hybridized carbons (Fsp3) is 0.429. The number of nitrogens with zero attached hydrogens (tertiary/aromatic N) is 3. The molecule has 1 N–H and O–H groups in total. The maximum Gasteiger partial charge on any atom is 0.251 e. The molecule has 144 valence electrons. The number of rotatable bonds is 7. The van der Waals surface area contributed by atoms with Crippen LogP contribution >= 0.6 is 0 Å². The lowest BCUT2D eigenvalue weighted by Crippen LogP contribution is -2.47. The molecule has 3 rings (SSSR count). The zero-order valence-corrected chi connectivity index (χ0v) is 15.8. The molecule has 5 nitrogen and oxygen atoms in total. The van der Waals surface area contributed by atoms with Gasteiger partial charge in [-0.3, -0.25) is 4.79 Å². The maximum atomic E-state index is 14.0. The van der Waals surface area contributed by atoms with Crippen molar-refractivity contribution in [3.8, 4) is 0 Å². The number of pyridine rings is 1. The summed E-state index contributed by atoms with van der Waals surface area (Å²) in [6.45, 7) is 5.76. The van der Waals surface area contributed by atoms with Gasteiger partial charge in [0.25, 0.3) is 5.91 Å². The lowest BCUT2D eigenvalue weighted by Gasteiger charge is -2.36. The van der Waals surface area contributed by atoms with Crippen molar-refractivity contribution in [2.24, 2.45) is 0 Å². The number of aromatic nitrogens is 1. The molecule has 1 aliphatic heterocycles. The van der Waals surface area contributed by atoms with E-state index in [4.69, 9.17) is 0 Å². The molecular weight excluding hydrogens is 343 g/mol. The maximum absolute atomic E-state index is 14.0. The van der Waals surface area contributed by atoms with E-state index in [0.717, 1.165) is 51.3 Å². The third-order valence-electron chi connectivity index (χ3n) is 4.87. The zero-order valence-electron chi connectivity index (χ0n) is 15.8. The highest BCUT2D eigenvalue weighted by atomic mass is 19.1. The van der Waals surface area contributed by atoms with E-state index in [2.05, 4.69) is 27.0 Å². The molecule has 0 radical (unpaired) electrons. The van der Waals surface area contributed by atoms with Gasteiger partial charge in [-0.15, -0.1) is 0 Å². The van der Waals surface area contributed by atoms with Gasteiger partial charge in [-0.05, 0) is 30.7 Å². The Kier molecular flexibility index (Phi) is 6.63. The Hall–Kier alpha value is -2.63. The topological polar surface area (TPSA) is 48.5 Å². The first-order chi connectivity index (χ1) is 13.2. The first-order valence-corrected chi connectivity index (χ1v) is 9.67. The number of nitrogens with one attached hydrogen (secondary N) is 1. The molecule has 1 fully saturated rings. The molecule has 2 heterocycles. The summed E-state index contributed by atoms with van der Waals surface area (Å²) in [5, 5.41) is 2.96. The number of amides is 1. The van der Waals surface area contributed by atoms with Crippen molar-refractivity contribution in [3.63, 3.8) is 0 Å². The van der Waals surface area contributed by atoms with E-state index in [1.165, 1.54) is 6.07 Å². The summed E-state index contributed by atoms with van der Waals surface area (Å²) in [6.07, 6.45) is 4.93. The summed E-state index contributed by atoms with van der Waals surface area (Å²) in [6, 6.07) is 10.5. The van der Waals surface area contributed by atoms with Crippen LogP contribution in [-0.2, 0) is 0 Å². The van der Waals surface area contributed by atoms with Gasteiger partial charge >= 0.3 is 0 Å². The van der Waals surface area contributed by atoms with E-state index in [1.54, 1.807) is 18.3 Å². The normalized spacial score (nSPS) is 14.3. The van der Waals surface area contributed by atoms with E-state index in [-0.39, 0.29) is 11.7 Å². The number of piperazine rings is 1.